The third-order valence-corrected chi connectivity index (χ3v) is 11.0. The van der Waals surface area contributed by atoms with Crippen molar-refractivity contribution in [3.05, 3.63) is 151 Å². The predicted molar refractivity (Wildman–Crippen MR) is 210 cm³/mol. The van der Waals surface area contributed by atoms with Crippen LogP contribution in [-0.4, -0.2) is 27.4 Å². The van der Waals surface area contributed by atoms with Crippen molar-refractivity contribution in [1.29, 1.82) is 0 Å². The highest BCUT2D eigenvalue weighted by Crippen LogP contribution is 2.49. The standard InChI is InChI=1S/C45H29N5/c1-2-12-26(13-3-1)40-45(47-35-21-11-23-46-44(35)48-40)50-36-22-9-8-18-32(36)38-29-16-6-7-17-30(29)39-33-20-10-19-31-34-24-27-14-4-5-15-28(27)25-37(34)49(41(31)33)42(39)43(38)50/h1-22,24-25,44,46,48H,23H2. The Balaban J connectivity index is 1.38. The number of rotatable bonds is 2. The van der Waals surface area contributed by atoms with E-state index in [2.05, 4.69) is 165 Å². The van der Waals surface area contributed by atoms with Crippen molar-refractivity contribution in [2.75, 3.05) is 6.54 Å². The van der Waals surface area contributed by atoms with E-state index in [1.165, 1.54) is 75.9 Å². The van der Waals surface area contributed by atoms with E-state index in [1.54, 1.807) is 0 Å². The molecular formula is C45H29N5. The fourth-order valence-corrected chi connectivity index (χ4v) is 8.96. The lowest BCUT2D eigenvalue weighted by Crippen LogP contribution is -2.50. The van der Waals surface area contributed by atoms with Crippen LogP contribution in [0.5, 0.6) is 0 Å². The number of fused-ring (bicyclic) bond motifs is 15. The Labute approximate surface area is 286 Å². The van der Waals surface area contributed by atoms with Gasteiger partial charge in [-0.3, -0.25) is 9.88 Å². The fourth-order valence-electron chi connectivity index (χ4n) is 8.96. The second kappa shape index (κ2) is 9.59. The summed E-state index contributed by atoms with van der Waals surface area (Å²) in [5.74, 6) is 0.897. The van der Waals surface area contributed by atoms with E-state index in [0.29, 0.717) is 0 Å². The summed E-state index contributed by atoms with van der Waals surface area (Å²) in [7, 11) is 0. The van der Waals surface area contributed by atoms with Gasteiger partial charge >= 0.3 is 0 Å². The Morgan fingerprint density at radius 2 is 1.24 bits per heavy atom. The van der Waals surface area contributed by atoms with Crippen LogP contribution in [0.25, 0.3) is 93.0 Å². The molecule has 0 amide bonds. The lowest BCUT2D eigenvalue weighted by Gasteiger charge is -2.31. The van der Waals surface area contributed by atoms with Crippen LogP contribution in [0.4, 0.5) is 0 Å². The van der Waals surface area contributed by atoms with Gasteiger partial charge in [0.1, 0.15) is 6.17 Å². The van der Waals surface area contributed by atoms with Gasteiger partial charge in [-0.05, 0) is 45.8 Å². The molecule has 5 heterocycles. The highest BCUT2D eigenvalue weighted by Gasteiger charge is 2.31. The molecule has 0 fully saturated rings. The number of nitrogens with one attached hydrogen (secondary N) is 2. The Bertz CT molecular complexity index is 3170. The molecule has 0 radical (unpaired) electrons. The zero-order chi connectivity index (χ0) is 32.5. The van der Waals surface area contributed by atoms with Crippen LogP contribution in [-0.2, 0) is 0 Å². The topological polar surface area (TPSA) is 45.8 Å². The first-order valence-electron chi connectivity index (χ1n) is 17.3. The van der Waals surface area contributed by atoms with Crippen LogP contribution >= 0.6 is 0 Å². The van der Waals surface area contributed by atoms with E-state index in [4.69, 9.17) is 4.99 Å². The number of aromatic nitrogens is 2. The molecule has 1 atom stereocenters. The van der Waals surface area contributed by atoms with Crippen molar-refractivity contribution in [2.45, 2.75) is 6.17 Å². The average molecular weight is 640 g/mol. The molecule has 50 heavy (non-hydrogen) atoms. The van der Waals surface area contributed by atoms with E-state index >= 15 is 0 Å². The molecule has 0 saturated carbocycles. The van der Waals surface area contributed by atoms with Crippen molar-refractivity contribution < 1.29 is 0 Å². The zero-order valence-electron chi connectivity index (χ0n) is 27.0. The lowest BCUT2D eigenvalue weighted by molar-refractivity contribution is 0.609. The van der Waals surface area contributed by atoms with Gasteiger partial charge in [-0.25, -0.2) is 4.99 Å². The van der Waals surface area contributed by atoms with Crippen LogP contribution in [0, 0.1) is 0 Å². The summed E-state index contributed by atoms with van der Waals surface area (Å²) in [4.78, 5) is 5.54. The monoisotopic (exact) mass is 639 g/mol. The second-order valence-electron chi connectivity index (χ2n) is 13.6. The molecule has 0 spiro atoms. The van der Waals surface area contributed by atoms with Crippen LogP contribution < -0.4 is 10.6 Å². The van der Waals surface area contributed by atoms with Gasteiger partial charge in [0.15, 0.2) is 5.82 Å². The summed E-state index contributed by atoms with van der Waals surface area (Å²) in [6.45, 7) is 0.798. The highest BCUT2D eigenvalue weighted by molar-refractivity contribution is 6.39. The molecule has 5 heteroatoms. The summed E-state index contributed by atoms with van der Waals surface area (Å²) in [5.41, 5.74) is 9.11. The largest absolute Gasteiger partial charge is 0.361 e. The van der Waals surface area contributed by atoms with Crippen LogP contribution in [0.3, 0.4) is 0 Å². The minimum absolute atomic E-state index is 0.0656. The van der Waals surface area contributed by atoms with Crippen molar-refractivity contribution in [3.63, 3.8) is 0 Å². The van der Waals surface area contributed by atoms with Gasteiger partial charge in [0, 0.05) is 44.4 Å². The van der Waals surface area contributed by atoms with Gasteiger partial charge in [-0.15, -0.1) is 0 Å². The third kappa shape index (κ3) is 3.32. The maximum Gasteiger partial charge on any atom is 0.162 e. The summed E-state index contributed by atoms with van der Waals surface area (Å²) >= 11 is 0. The molecule has 2 aliphatic heterocycles. The zero-order valence-corrected chi connectivity index (χ0v) is 27.0. The summed E-state index contributed by atoms with van der Waals surface area (Å²) in [5, 5.41) is 20.1. The average Bonchev–Trinajstić information content (AvgIpc) is 3.82. The Hall–Kier alpha value is -6.43. The molecule has 7 aromatic carbocycles. The molecule has 0 bridgehead atoms. The van der Waals surface area contributed by atoms with Crippen molar-refractivity contribution in [3.8, 4) is 0 Å². The van der Waals surface area contributed by atoms with E-state index in [-0.39, 0.29) is 6.17 Å². The van der Waals surface area contributed by atoms with Crippen LogP contribution in [0.1, 0.15) is 5.56 Å². The van der Waals surface area contributed by atoms with E-state index < -0.39 is 0 Å². The van der Waals surface area contributed by atoms with Crippen molar-refractivity contribution in [2.24, 2.45) is 4.99 Å². The van der Waals surface area contributed by atoms with Crippen molar-refractivity contribution >= 4 is 98.7 Å². The molecule has 2 N–H and O–H groups in total. The van der Waals surface area contributed by atoms with Crippen molar-refractivity contribution in [1.82, 2.24) is 19.6 Å². The lowest BCUT2D eigenvalue weighted by atomic mass is 9.97. The number of para-hydroxylation sites is 2. The van der Waals surface area contributed by atoms with Gasteiger partial charge in [0.05, 0.1) is 39.0 Å². The molecular weight excluding hydrogens is 611 g/mol. The molecule has 2 aliphatic rings. The smallest absolute Gasteiger partial charge is 0.162 e. The minimum Gasteiger partial charge on any atom is -0.361 e. The van der Waals surface area contributed by atoms with Gasteiger partial charge in [0.25, 0.3) is 0 Å². The molecule has 0 saturated heterocycles. The molecule has 10 aromatic rings. The number of hydrogen-bond acceptors (Lipinski definition) is 3. The van der Waals surface area contributed by atoms with Crippen LogP contribution in [0.2, 0.25) is 0 Å². The normalized spacial score (nSPS) is 16.6. The molecule has 234 valence electrons. The first-order valence-corrected chi connectivity index (χ1v) is 17.3. The fraction of sp³-hybridized carbons (Fsp3) is 0.0444. The Morgan fingerprint density at radius 3 is 2.08 bits per heavy atom. The molecule has 3 aromatic heterocycles. The number of benzene rings is 7. The predicted octanol–water partition coefficient (Wildman–Crippen LogP) is 10.1. The Kier molecular flexibility index (Phi) is 5.09. The highest BCUT2D eigenvalue weighted by atomic mass is 15.2. The number of hydrogen-bond donors (Lipinski definition) is 2. The third-order valence-electron chi connectivity index (χ3n) is 11.0. The molecule has 1 unspecified atom stereocenters. The van der Waals surface area contributed by atoms with E-state index in [9.17, 15) is 0 Å². The molecule has 0 aliphatic carbocycles. The summed E-state index contributed by atoms with van der Waals surface area (Å²) < 4.78 is 5.00. The SMILES string of the molecule is C1=CC2=NC(n3c4ccccc4c4c5ccccc5c5c6cccc7c8cc9ccccc9cc8n(c76)c5c43)=C(c3ccccc3)NC2NC1. The number of aliphatic imine (C=N–C) groups is 1. The van der Waals surface area contributed by atoms with E-state index in [0.717, 1.165) is 34.9 Å². The molecule has 12 rings (SSSR count). The van der Waals surface area contributed by atoms with Gasteiger partial charge < -0.3 is 9.72 Å². The molecule has 5 nitrogen and oxygen atoms in total. The van der Waals surface area contributed by atoms with Gasteiger partial charge in [0.2, 0.25) is 0 Å². The number of nitrogens with zero attached hydrogens (tertiary/aromatic N) is 3. The Morgan fingerprint density at radius 1 is 0.560 bits per heavy atom. The maximum absolute atomic E-state index is 5.54. The summed E-state index contributed by atoms with van der Waals surface area (Å²) in [6, 6.07) is 48.8. The van der Waals surface area contributed by atoms with Gasteiger partial charge in [-0.2, -0.15) is 0 Å². The maximum atomic E-state index is 5.54. The quantitative estimate of drug-likeness (QED) is 0.198. The first kappa shape index (κ1) is 26.5. The van der Waals surface area contributed by atoms with E-state index in [1.807, 2.05) is 0 Å². The minimum atomic E-state index is -0.0656. The van der Waals surface area contributed by atoms with Gasteiger partial charge in [-0.1, -0.05) is 121 Å². The second-order valence-corrected chi connectivity index (χ2v) is 13.6. The van der Waals surface area contributed by atoms with Crippen LogP contribution in [0.15, 0.2) is 151 Å². The first-order chi connectivity index (χ1) is 24.8. The summed E-state index contributed by atoms with van der Waals surface area (Å²) in [6.07, 6.45) is 4.25.